The third-order valence-corrected chi connectivity index (χ3v) is 17.8. The Labute approximate surface area is 339 Å². The van der Waals surface area contributed by atoms with Crippen LogP contribution in [0, 0.1) is 68.0 Å². The minimum atomic E-state index is -0.887. The Morgan fingerprint density at radius 2 is 1.38 bits per heavy atom. The highest BCUT2D eigenvalue weighted by Gasteiger charge is 2.71. The SMILES string of the molecule is CC(C)C1CC[C@]2(CC(=O)N3CCN(C(=O)OC(C)(C)C)CC3)CC[C@]3(C)[C@H](CC[C@@H]4[C@@]5(C)CC[C@H](OC(=O)CC(C)(C)CC(=O)O)C(C)(C)[C@@H]5CC[C@]43C)[C@@H]12. The van der Waals surface area contributed by atoms with Gasteiger partial charge in [0.15, 0.2) is 0 Å². The van der Waals surface area contributed by atoms with Crippen molar-refractivity contribution in [2.45, 2.75) is 178 Å². The van der Waals surface area contributed by atoms with Crippen LogP contribution in [0.5, 0.6) is 0 Å². The molecule has 1 N–H and O–H groups in total. The number of hydrogen-bond acceptors (Lipinski definition) is 6. The third kappa shape index (κ3) is 7.54. The molecule has 318 valence electrons. The number of carbonyl (C=O) groups excluding carboxylic acids is 3. The highest BCUT2D eigenvalue weighted by Crippen LogP contribution is 2.78. The Bertz CT molecular complexity index is 1520. The third-order valence-electron chi connectivity index (χ3n) is 17.8. The van der Waals surface area contributed by atoms with Gasteiger partial charge in [-0.2, -0.15) is 0 Å². The van der Waals surface area contributed by atoms with E-state index in [1.54, 1.807) is 4.90 Å². The van der Waals surface area contributed by atoms with Crippen LogP contribution in [0.15, 0.2) is 0 Å². The molecule has 0 radical (unpaired) electrons. The van der Waals surface area contributed by atoms with Crippen LogP contribution in [-0.2, 0) is 23.9 Å². The lowest BCUT2D eigenvalue weighted by Crippen LogP contribution is -2.67. The van der Waals surface area contributed by atoms with Gasteiger partial charge in [-0.25, -0.2) is 4.79 Å². The molecular weight excluding hydrogens is 705 g/mol. The van der Waals surface area contributed by atoms with Crippen LogP contribution in [0.4, 0.5) is 4.79 Å². The van der Waals surface area contributed by atoms with Gasteiger partial charge in [-0.05, 0) is 148 Å². The second kappa shape index (κ2) is 14.7. The Balaban J connectivity index is 1.18. The standard InChI is InChI=1S/C47H78N2O7/c1-30(2)31-15-20-47(27-36(50)48-23-25-49(26-24-48)40(54)56-41(3,4)5)22-21-45(11)32(39(31)47)13-14-34-44(10)18-17-35(43(8,9)33(44)16-19-46(34,45)12)55-38(53)29-42(6,7)28-37(51)52/h30-35,39H,13-29H2,1-12H3,(H,51,52)/t31?,32-,33+,34-,35+,39-,44+,45-,46-,47-/m1/s1. The second-order valence-electron chi connectivity index (χ2n) is 23.3. The molecule has 0 aromatic rings. The van der Waals surface area contributed by atoms with E-state index in [9.17, 15) is 24.3 Å². The maximum Gasteiger partial charge on any atom is 0.410 e. The van der Waals surface area contributed by atoms with E-state index in [1.807, 2.05) is 39.5 Å². The molecule has 1 heterocycles. The van der Waals surface area contributed by atoms with Crippen LogP contribution in [-0.4, -0.2) is 76.7 Å². The summed E-state index contributed by atoms with van der Waals surface area (Å²) in [6.07, 6.45) is 11.6. The second-order valence-corrected chi connectivity index (χ2v) is 23.3. The molecule has 0 spiro atoms. The van der Waals surface area contributed by atoms with Crippen molar-refractivity contribution >= 4 is 23.9 Å². The Morgan fingerprint density at radius 3 is 1.98 bits per heavy atom. The highest BCUT2D eigenvalue weighted by atomic mass is 16.6. The van der Waals surface area contributed by atoms with E-state index in [0.29, 0.717) is 68.1 Å². The maximum atomic E-state index is 14.3. The average Bonchev–Trinajstić information content (AvgIpc) is 3.44. The zero-order valence-electron chi connectivity index (χ0n) is 37.4. The van der Waals surface area contributed by atoms with Gasteiger partial charge in [0.05, 0.1) is 12.8 Å². The first kappa shape index (κ1) is 43.3. The maximum absolute atomic E-state index is 14.3. The number of nitrogens with zero attached hydrogens (tertiary/aromatic N) is 2. The molecule has 9 nitrogen and oxygen atoms in total. The molecule has 6 fully saturated rings. The molecule has 6 aliphatic rings. The van der Waals surface area contributed by atoms with Gasteiger partial charge in [-0.15, -0.1) is 0 Å². The van der Waals surface area contributed by atoms with Crippen molar-refractivity contribution in [3.05, 3.63) is 0 Å². The van der Waals surface area contributed by atoms with E-state index in [-0.39, 0.29) is 64.0 Å². The molecule has 2 amide bonds. The zero-order chi connectivity index (χ0) is 41.4. The van der Waals surface area contributed by atoms with Crippen LogP contribution >= 0.6 is 0 Å². The number of rotatable bonds is 8. The predicted molar refractivity (Wildman–Crippen MR) is 219 cm³/mol. The molecule has 5 aliphatic carbocycles. The van der Waals surface area contributed by atoms with Crippen LogP contribution in [0.3, 0.4) is 0 Å². The van der Waals surface area contributed by atoms with Gasteiger partial charge in [0.1, 0.15) is 11.7 Å². The van der Waals surface area contributed by atoms with Crippen LogP contribution in [0.1, 0.15) is 167 Å². The first-order valence-electron chi connectivity index (χ1n) is 22.5. The molecule has 1 saturated heterocycles. The molecular formula is C47H78N2O7. The largest absolute Gasteiger partial charge is 0.481 e. The molecule has 6 rings (SSSR count). The summed E-state index contributed by atoms with van der Waals surface area (Å²) in [5.74, 6) is 2.53. The summed E-state index contributed by atoms with van der Waals surface area (Å²) in [7, 11) is 0. The lowest BCUT2D eigenvalue weighted by Gasteiger charge is -2.73. The van der Waals surface area contributed by atoms with Crippen molar-refractivity contribution in [1.29, 1.82) is 0 Å². The van der Waals surface area contributed by atoms with E-state index in [1.165, 1.54) is 32.1 Å². The lowest BCUT2D eigenvalue weighted by atomic mass is 9.32. The highest BCUT2D eigenvalue weighted by molar-refractivity contribution is 5.78. The first-order valence-corrected chi connectivity index (χ1v) is 22.5. The minimum Gasteiger partial charge on any atom is -0.481 e. The summed E-state index contributed by atoms with van der Waals surface area (Å²) in [5, 5.41) is 9.37. The van der Waals surface area contributed by atoms with E-state index < -0.39 is 17.0 Å². The smallest absolute Gasteiger partial charge is 0.410 e. The summed E-state index contributed by atoms with van der Waals surface area (Å²) in [5.41, 5.74) is -0.767. The number of carboxylic acids is 1. The number of ether oxygens (including phenoxy) is 2. The summed E-state index contributed by atoms with van der Waals surface area (Å²) < 4.78 is 11.9. The first-order chi connectivity index (χ1) is 25.8. The number of amides is 2. The van der Waals surface area contributed by atoms with Crippen molar-refractivity contribution in [2.24, 2.45) is 68.0 Å². The molecule has 10 atom stereocenters. The van der Waals surface area contributed by atoms with Gasteiger partial charge < -0.3 is 24.4 Å². The van der Waals surface area contributed by atoms with Crippen molar-refractivity contribution in [1.82, 2.24) is 9.80 Å². The number of carbonyl (C=O) groups is 4. The fourth-order valence-electron chi connectivity index (χ4n) is 15.0. The molecule has 0 aromatic carbocycles. The van der Waals surface area contributed by atoms with Gasteiger partial charge in [-0.1, -0.05) is 62.3 Å². The Kier molecular flexibility index (Phi) is 11.4. The Hall–Kier alpha value is -2.32. The van der Waals surface area contributed by atoms with Gasteiger partial charge in [0, 0.05) is 38.0 Å². The fraction of sp³-hybridized carbons (Fsp3) is 0.915. The van der Waals surface area contributed by atoms with Crippen molar-refractivity contribution < 1.29 is 33.8 Å². The molecule has 1 aliphatic heterocycles. The quantitative estimate of drug-likeness (QED) is 0.244. The van der Waals surface area contributed by atoms with Gasteiger partial charge in [-0.3, -0.25) is 14.4 Å². The van der Waals surface area contributed by atoms with Crippen LogP contribution < -0.4 is 0 Å². The molecule has 56 heavy (non-hydrogen) atoms. The summed E-state index contributed by atoms with van der Waals surface area (Å²) in [6.45, 7) is 29.0. The van der Waals surface area contributed by atoms with Crippen LogP contribution in [0.25, 0.3) is 0 Å². The number of fused-ring (bicyclic) bond motifs is 7. The minimum absolute atomic E-state index is 0.0474. The molecule has 5 saturated carbocycles. The predicted octanol–water partition coefficient (Wildman–Crippen LogP) is 10.00. The van der Waals surface area contributed by atoms with E-state index in [4.69, 9.17) is 9.47 Å². The number of aliphatic carboxylic acids is 1. The number of piperazine rings is 1. The molecule has 1 unspecified atom stereocenters. The van der Waals surface area contributed by atoms with E-state index >= 15 is 0 Å². The molecule has 0 bridgehead atoms. The van der Waals surface area contributed by atoms with Crippen molar-refractivity contribution in [3.63, 3.8) is 0 Å². The van der Waals surface area contributed by atoms with Gasteiger partial charge >= 0.3 is 18.0 Å². The topological polar surface area (TPSA) is 113 Å². The normalized spacial score (nSPS) is 39.5. The summed E-state index contributed by atoms with van der Waals surface area (Å²) >= 11 is 0. The number of carboxylic acid groups (broad SMARTS) is 1. The van der Waals surface area contributed by atoms with Crippen molar-refractivity contribution in [2.75, 3.05) is 26.2 Å². The van der Waals surface area contributed by atoms with Gasteiger partial charge in [0.25, 0.3) is 0 Å². The zero-order valence-corrected chi connectivity index (χ0v) is 37.4. The van der Waals surface area contributed by atoms with E-state index in [0.717, 1.165) is 32.1 Å². The van der Waals surface area contributed by atoms with Gasteiger partial charge in [0.2, 0.25) is 5.91 Å². The average molecular weight is 783 g/mol. The van der Waals surface area contributed by atoms with Crippen LogP contribution in [0.2, 0.25) is 0 Å². The molecule has 0 aromatic heterocycles. The summed E-state index contributed by atoms with van der Waals surface area (Å²) in [4.78, 5) is 55.6. The monoisotopic (exact) mass is 783 g/mol. The number of esters is 1. The van der Waals surface area contributed by atoms with Crippen molar-refractivity contribution in [3.8, 4) is 0 Å². The molecule has 9 heteroatoms. The number of hydrogen-bond donors (Lipinski definition) is 1. The van der Waals surface area contributed by atoms with E-state index in [2.05, 4.69) is 48.5 Å². The summed E-state index contributed by atoms with van der Waals surface area (Å²) in [6, 6.07) is 0. The fourth-order valence-corrected chi connectivity index (χ4v) is 15.0. The Morgan fingerprint density at radius 1 is 0.732 bits per heavy atom. The lowest BCUT2D eigenvalue weighted by molar-refractivity contribution is -0.252.